The summed E-state index contributed by atoms with van der Waals surface area (Å²) in [4.78, 5) is 16.7. The van der Waals surface area contributed by atoms with Crippen LogP contribution in [-0.4, -0.2) is 19.9 Å². The Morgan fingerprint density at radius 3 is 2.12 bits per heavy atom. The molecular weight excluding hydrogens is 418 g/mol. The third-order valence-corrected chi connectivity index (χ3v) is 7.07. The van der Waals surface area contributed by atoms with Crippen molar-refractivity contribution >= 4 is 70.8 Å². The summed E-state index contributed by atoms with van der Waals surface area (Å²) in [5, 5.41) is 12.4. The number of imidazole rings is 1. The molecule has 0 spiro atoms. The lowest BCUT2D eigenvalue weighted by atomic mass is 9.84. The van der Waals surface area contributed by atoms with Crippen LogP contribution in [0.3, 0.4) is 0 Å². The number of nitrogens with zero attached hydrogens (tertiary/aromatic N) is 3. The molecule has 34 heavy (non-hydrogen) atoms. The number of H-pyrrole nitrogens is 1. The summed E-state index contributed by atoms with van der Waals surface area (Å²) in [6, 6.07) is 28.3. The lowest BCUT2D eigenvalue weighted by molar-refractivity contribution is 1.21. The third-order valence-electron chi connectivity index (χ3n) is 7.07. The van der Waals surface area contributed by atoms with Crippen molar-refractivity contribution in [2.75, 3.05) is 5.73 Å². The average Bonchev–Trinajstić information content (AvgIpc) is 3.32. The number of aromatic nitrogens is 4. The number of hydrogen-bond donors (Lipinski definition) is 2. The van der Waals surface area contributed by atoms with E-state index in [4.69, 9.17) is 10.7 Å². The normalized spacial score (nSPS) is 12.2. The highest BCUT2D eigenvalue weighted by Crippen LogP contribution is 2.47. The number of hydrogen-bond acceptors (Lipinski definition) is 4. The van der Waals surface area contributed by atoms with Gasteiger partial charge in [-0.05, 0) is 53.9 Å². The first-order chi connectivity index (χ1) is 16.8. The monoisotopic (exact) mass is 435 g/mol. The van der Waals surface area contributed by atoms with E-state index in [1.165, 1.54) is 49.4 Å². The maximum Gasteiger partial charge on any atom is 0.183 e. The van der Waals surface area contributed by atoms with Gasteiger partial charge in [0.05, 0.1) is 0 Å². The van der Waals surface area contributed by atoms with E-state index in [-0.39, 0.29) is 0 Å². The van der Waals surface area contributed by atoms with Gasteiger partial charge in [-0.15, -0.1) is 0 Å². The molecule has 0 atom stereocenters. The van der Waals surface area contributed by atoms with Crippen LogP contribution in [0.15, 0.2) is 85.2 Å². The molecule has 158 valence electrons. The molecule has 0 bridgehead atoms. The maximum absolute atomic E-state index is 6.13. The minimum absolute atomic E-state index is 0.400. The lowest BCUT2D eigenvalue weighted by Crippen LogP contribution is -1.93. The molecule has 2 aromatic heterocycles. The fourth-order valence-electron chi connectivity index (χ4n) is 5.71. The molecule has 0 saturated heterocycles. The Kier molecular flexibility index (Phi) is 3.22. The number of nitrogens with one attached hydrogen (secondary N) is 1. The molecule has 0 aliphatic rings. The zero-order valence-electron chi connectivity index (χ0n) is 18.0. The number of fused-ring (bicyclic) bond motifs is 6. The van der Waals surface area contributed by atoms with Gasteiger partial charge < -0.3 is 10.7 Å². The van der Waals surface area contributed by atoms with E-state index in [0.717, 1.165) is 22.2 Å². The summed E-state index contributed by atoms with van der Waals surface area (Å²) in [5.74, 6) is 1.15. The minimum atomic E-state index is 0.400. The van der Waals surface area contributed by atoms with Crippen LogP contribution in [0.1, 0.15) is 0 Å². The third kappa shape index (κ3) is 2.11. The fourth-order valence-corrected chi connectivity index (χ4v) is 5.71. The summed E-state index contributed by atoms with van der Waals surface area (Å²) in [6.45, 7) is 0. The van der Waals surface area contributed by atoms with Gasteiger partial charge in [-0.25, -0.2) is 15.0 Å². The topological polar surface area (TPSA) is 80.5 Å². The van der Waals surface area contributed by atoms with E-state index in [2.05, 4.69) is 93.8 Å². The zero-order chi connectivity index (χ0) is 22.4. The maximum atomic E-state index is 6.13. The Balaban J connectivity index is 1.70. The zero-order valence-corrected chi connectivity index (χ0v) is 18.0. The van der Waals surface area contributed by atoms with Gasteiger partial charge in [-0.1, -0.05) is 78.9 Å². The molecule has 0 fully saturated rings. The van der Waals surface area contributed by atoms with Gasteiger partial charge in [-0.3, -0.25) is 0 Å². The largest absolute Gasteiger partial charge is 0.382 e. The van der Waals surface area contributed by atoms with Gasteiger partial charge in [0.25, 0.3) is 0 Å². The fraction of sp³-hybridized carbons (Fsp3) is 0. The van der Waals surface area contributed by atoms with Gasteiger partial charge in [-0.2, -0.15) is 0 Å². The van der Waals surface area contributed by atoms with Crippen molar-refractivity contribution in [2.45, 2.75) is 0 Å². The molecular formula is C29H17N5. The molecule has 0 aliphatic carbocycles. The van der Waals surface area contributed by atoms with E-state index in [1.54, 1.807) is 0 Å². The van der Waals surface area contributed by atoms with Gasteiger partial charge in [0.1, 0.15) is 17.7 Å². The molecule has 5 heteroatoms. The molecule has 0 unspecified atom stereocenters. The first kappa shape index (κ1) is 17.7. The second kappa shape index (κ2) is 6.17. The molecule has 8 rings (SSSR count). The number of nitrogens with two attached hydrogens (primary N) is 1. The standard InChI is InChI=1S/C29H17N5/c30-27-26-29(32-14-31-27)34-28(33-26)24-20-10-4-3-9-19(20)23-18-8-2-1-7-16(18)17-11-5-6-15-12-13-21(24)25(23)22(15)17/h1-14H,(H3,30,31,32,33,34). The van der Waals surface area contributed by atoms with Crippen LogP contribution in [0.5, 0.6) is 0 Å². The van der Waals surface area contributed by atoms with E-state index < -0.39 is 0 Å². The van der Waals surface area contributed by atoms with Crippen molar-refractivity contribution in [1.82, 2.24) is 19.9 Å². The number of rotatable bonds is 1. The summed E-state index contributed by atoms with van der Waals surface area (Å²) in [5.41, 5.74) is 8.43. The molecule has 2 heterocycles. The Morgan fingerprint density at radius 1 is 0.588 bits per heavy atom. The van der Waals surface area contributed by atoms with Crippen LogP contribution < -0.4 is 5.73 Å². The van der Waals surface area contributed by atoms with Crippen molar-refractivity contribution in [3.63, 3.8) is 0 Å². The van der Waals surface area contributed by atoms with Crippen molar-refractivity contribution in [3.05, 3.63) is 85.2 Å². The summed E-state index contributed by atoms with van der Waals surface area (Å²) >= 11 is 0. The average molecular weight is 435 g/mol. The first-order valence-corrected chi connectivity index (χ1v) is 11.3. The Hall–Kier alpha value is -4.77. The molecule has 3 N–H and O–H groups in total. The summed E-state index contributed by atoms with van der Waals surface area (Å²) in [6.07, 6.45) is 1.46. The number of nitrogen functional groups attached to an aromatic ring is 1. The quantitative estimate of drug-likeness (QED) is 0.219. The highest BCUT2D eigenvalue weighted by molar-refractivity contribution is 6.41. The van der Waals surface area contributed by atoms with Gasteiger partial charge >= 0.3 is 0 Å². The summed E-state index contributed by atoms with van der Waals surface area (Å²) in [7, 11) is 0. The number of aromatic amines is 1. The molecule has 0 saturated carbocycles. The van der Waals surface area contributed by atoms with Crippen LogP contribution in [0.4, 0.5) is 5.82 Å². The minimum Gasteiger partial charge on any atom is -0.382 e. The second-order valence-corrected chi connectivity index (χ2v) is 8.78. The molecule has 0 radical (unpaired) electrons. The molecule has 8 aromatic rings. The van der Waals surface area contributed by atoms with Crippen molar-refractivity contribution in [1.29, 1.82) is 0 Å². The van der Waals surface area contributed by atoms with E-state index in [9.17, 15) is 0 Å². The van der Waals surface area contributed by atoms with E-state index >= 15 is 0 Å². The van der Waals surface area contributed by atoms with Crippen molar-refractivity contribution < 1.29 is 0 Å². The SMILES string of the molecule is Nc1ncnc2nc(-c3c4ccccc4c4c5ccccc5c5cccc6ccc3c4c65)[nH]c12. The smallest absolute Gasteiger partial charge is 0.183 e. The molecule has 6 aromatic carbocycles. The Labute approximate surface area is 193 Å². The van der Waals surface area contributed by atoms with Crippen LogP contribution in [-0.2, 0) is 0 Å². The second-order valence-electron chi connectivity index (χ2n) is 8.78. The molecule has 5 nitrogen and oxygen atoms in total. The van der Waals surface area contributed by atoms with E-state index in [0.29, 0.717) is 17.0 Å². The van der Waals surface area contributed by atoms with Gasteiger partial charge in [0.2, 0.25) is 0 Å². The predicted molar refractivity (Wildman–Crippen MR) is 140 cm³/mol. The van der Waals surface area contributed by atoms with E-state index in [1.807, 2.05) is 0 Å². The highest BCUT2D eigenvalue weighted by Gasteiger charge is 2.21. The first-order valence-electron chi connectivity index (χ1n) is 11.3. The van der Waals surface area contributed by atoms with Gasteiger partial charge in [0.15, 0.2) is 11.5 Å². The highest BCUT2D eigenvalue weighted by atomic mass is 15.0. The van der Waals surface area contributed by atoms with Gasteiger partial charge in [0, 0.05) is 5.56 Å². The van der Waals surface area contributed by atoms with Crippen LogP contribution in [0.25, 0.3) is 76.4 Å². The Morgan fingerprint density at radius 2 is 1.29 bits per heavy atom. The number of benzene rings is 6. The van der Waals surface area contributed by atoms with Crippen molar-refractivity contribution in [2.24, 2.45) is 0 Å². The lowest BCUT2D eigenvalue weighted by Gasteiger charge is -2.19. The predicted octanol–water partition coefficient (Wildman–Crippen LogP) is 6.81. The Bertz CT molecular complexity index is 2090. The van der Waals surface area contributed by atoms with Crippen LogP contribution in [0.2, 0.25) is 0 Å². The van der Waals surface area contributed by atoms with Crippen molar-refractivity contribution in [3.8, 4) is 11.4 Å². The summed E-state index contributed by atoms with van der Waals surface area (Å²) < 4.78 is 0. The van der Waals surface area contributed by atoms with Crippen LogP contribution in [0, 0.1) is 0 Å². The number of anilines is 1. The van der Waals surface area contributed by atoms with Crippen LogP contribution >= 0.6 is 0 Å². The molecule has 0 aliphatic heterocycles. The molecule has 0 amide bonds.